The van der Waals surface area contributed by atoms with Crippen LogP contribution in [0.2, 0.25) is 0 Å². The molecule has 0 unspecified atom stereocenters. The highest BCUT2D eigenvalue weighted by Gasteiger charge is 2.27. The van der Waals surface area contributed by atoms with Crippen molar-refractivity contribution in [2.24, 2.45) is 0 Å². The molecule has 1 atom stereocenters. The normalized spacial score (nSPS) is 16.7. The average molecular weight is 399 g/mol. The number of thioether (sulfide) groups is 1. The average Bonchev–Trinajstić information content (AvgIpc) is 3.34. The fourth-order valence-electron chi connectivity index (χ4n) is 3.37. The predicted octanol–water partition coefficient (Wildman–Crippen LogP) is 5.15. The molecule has 1 aliphatic heterocycles. The lowest BCUT2D eigenvalue weighted by atomic mass is 10.1. The van der Waals surface area contributed by atoms with Crippen molar-refractivity contribution in [3.05, 3.63) is 53.6 Å². The van der Waals surface area contributed by atoms with Gasteiger partial charge in [0.2, 0.25) is 0 Å². The molecule has 0 bridgehead atoms. The zero-order valence-corrected chi connectivity index (χ0v) is 17.1. The molecule has 0 radical (unpaired) electrons. The van der Waals surface area contributed by atoms with E-state index in [0.717, 1.165) is 45.3 Å². The minimum absolute atomic E-state index is 0.0149. The molecule has 4 nitrogen and oxygen atoms in total. The fourth-order valence-corrected chi connectivity index (χ4v) is 4.99. The summed E-state index contributed by atoms with van der Waals surface area (Å²) >= 11 is 3.25. The van der Waals surface area contributed by atoms with Gasteiger partial charge in [0.05, 0.1) is 22.9 Å². The van der Waals surface area contributed by atoms with Crippen molar-refractivity contribution in [2.45, 2.75) is 30.8 Å². The molecule has 1 fully saturated rings. The minimum atomic E-state index is -0.0149. The number of hydrogen-bond acceptors (Lipinski definition) is 5. The molecule has 2 heterocycles. The van der Waals surface area contributed by atoms with Crippen LogP contribution in [0, 0.1) is 6.92 Å². The van der Waals surface area contributed by atoms with E-state index in [1.165, 1.54) is 0 Å². The second-order valence-corrected chi connectivity index (χ2v) is 8.58. The van der Waals surface area contributed by atoms with Gasteiger partial charge in [0.15, 0.2) is 5.13 Å². The number of carbonyl (C=O) groups is 1. The topological polar surface area (TPSA) is 42.4 Å². The van der Waals surface area contributed by atoms with Gasteiger partial charge in [0.1, 0.15) is 0 Å². The molecule has 27 heavy (non-hydrogen) atoms. The molecule has 0 saturated carbocycles. The Kier molecular flexibility index (Phi) is 5.48. The number of hydrogen-bond donors (Lipinski definition) is 0. The van der Waals surface area contributed by atoms with E-state index in [2.05, 4.69) is 18.4 Å². The summed E-state index contributed by atoms with van der Waals surface area (Å²) in [7, 11) is 0. The van der Waals surface area contributed by atoms with E-state index in [1.807, 2.05) is 37.3 Å². The van der Waals surface area contributed by atoms with E-state index < -0.39 is 0 Å². The number of ether oxygens (including phenoxy) is 1. The SMILES string of the molecule is CSc1cccc2sc(N(C[C@@H]3CCCO3)C(=O)c3cccc(C)c3)nc12. The number of anilines is 1. The van der Waals surface area contributed by atoms with Crippen LogP contribution in [-0.4, -0.2) is 36.4 Å². The van der Waals surface area contributed by atoms with Gasteiger partial charge in [0, 0.05) is 17.1 Å². The van der Waals surface area contributed by atoms with Gasteiger partial charge in [-0.3, -0.25) is 9.69 Å². The summed E-state index contributed by atoms with van der Waals surface area (Å²) < 4.78 is 6.92. The van der Waals surface area contributed by atoms with Crippen LogP contribution in [0.3, 0.4) is 0 Å². The van der Waals surface area contributed by atoms with Gasteiger partial charge < -0.3 is 4.74 Å². The second kappa shape index (κ2) is 8.00. The third-order valence-electron chi connectivity index (χ3n) is 4.74. The second-order valence-electron chi connectivity index (χ2n) is 6.72. The van der Waals surface area contributed by atoms with Crippen LogP contribution in [0.5, 0.6) is 0 Å². The Morgan fingerprint density at radius 2 is 2.19 bits per heavy atom. The van der Waals surface area contributed by atoms with E-state index in [-0.39, 0.29) is 12.0 Å². The largest absolute Gasteiger partial charge is 0.376 e. The summed E-state index contributed by atoms with van der Waals surface area (Å²) in [5.41, 5.74) is 2.74. The number of benzene rings is 2. The van der Waals surface area contributed by atoms with Gasteiger partial charge in [-0.15, -0.1) is 11.8 Å². The number of nitrogens with zero attached hydrogens (tertiary/aromatic N) is 2. The van der Waals surface area contributed by atoms with Crippen LogP contribution in [-0.2, 0) is 4.74 Å². The zero-order chi connectivity index (χ0) is 18.8. The van der Waals surface area contributed by atoms with Gasteiger partial charge in [0.25, 0.3) is 5.91 Å². The smallest absolute Gasteiger partial charge is 0.260 e. The van der Waals surface area contributed by atoms with Crippen LogP contribution < -0.4 is 4.90 Å². The van der Waals surface area contributed by atoms with Crippen molar-refractivity contribution in [1.82, 2.24) is 4.98 Å². The third-order valence-corrected chi connectivity index (χ3v) is 6.55. The first-order valence-electron chi connectivity index (χ1n) is 9.09. The molecule has 1 aliphatic rings. The molecular formula is C21H22N2O2S2. The Balaban J connectivity index is 1.74. The highest BCUT2D eigenvalue weighted by Crippen LogP contribution is 2.35. The standard InChI is InChI=1S/C21H22N2O2S2/c1-14-6-3-7-15(12-14)20(24)23(13-16-8-5-11-25-16)21-22-19-17(26-2)9-4-10-18(19)27-21/h3-4,6-7,9-10,12,16H,5,8,11,13H2,1-2H3/t16-/m0/s1. The van der Waals surface area contributed by atoms with E-state index in [0.29, 0.717) is 12.1 Å². The molecule has 0 aliphatic carbocycles. The van der Waals surface area contributed by atoms with Crippen molar-refractivity contribution in [2.75, 3.05) is 24.3 Å². The van der Waals surface area contributed by atoms with E-state index in [4.69, 9.17) is 9.72 Å². The first-order chi connectivity index (χ1) is 13.2. The monoisotopic (exact) mass is 398 g/mol. The molecule has 140 valence electrons. The van der Waals surface area contributed by atoms with Crippen LogP contribution >= 0.6 is 23.1 Å². The number of fused-ring (bicyclic) bond motifs is 1. The maximum atomic E-state index is 13.3. The first-order valence-corrected chi connectivity index (χ1v) is 11.1. The Labute approximate surface area is 167 Å². The molecule has 2 aromatic carbocycles. The molecule has 0 spiro atoms. The lowest BCUT2D eigenvalue weighted by Crippen LogP contribution is -2.37. The van der Waals surface area contributed by atoms with Gasteiger partial charge >= 0.3 is 0 Å². The lowest BCUT2D eigenvalue weighted by Gasteiger charge is -2.23. The van der Waals surface area contributed by atoms with Gasteiger partial charge in [-0.2, -0.15) is 0 Å². The molecule has 6 heteroatoms. The minimum Gasteiger partial charge on any atom is -0.376 e. The summed E-state index contributed by atoms with van der Waals surface area (Å²) in [6, 6.07) is 13.9. The Hall–Kier alpha value is -1.89. The van der Waals surface area contributed by atoms with Crippen LogP contribution in [0.15, 0.2) is 47.4 Å². The van der Waals surface area contributed by atoms with Crippen molar-refractivity contribution < 1.29 is 9.53 Å². The van der Waals surface area contributed by atoms with Crippen LogP contribution in [0.1, 0.15) is 28.8 Å². The third kappa shape index (κ3) is 3.88. The summed E-state index contributed by atoms with van der Waals surface area (Å²) in [6.45, 7) is 3.32. The number of rotatable bonds is 5. The Morgan fingerprint density at radius 1 is 1.33 bits per heavy atom. The summed E-state index contributed by atoms with van der Waals surface area (Å²) in [5, 5.41) is 0.744. The summed E-state index contributed by atoms with van der Waals surface area (Å²) in [5.74, 6) is -0.0149. The number of thiazole rings is 1. The number of para-hydroxylation sites is 1. The molecule has 1 amide bonds. The number of aromatic nitrogens is 1. The van der Waals surface area contributed by atoms with Crippen LogP contribution in [0.25, 0.3) is 10.2 Å². The van der Waals surface area contributed by atoms with E-state index >= 15 is 0 Å². The van der Waals surface area contributed by atoms with Gasteiger partial charge in [-0.25, -0.2) is 4.98 Å². The van der Waals surface area contributed by atoms with Crippen molar-refractivity contribution in [3.8, 4) is 0 Å². The quantitative estimate of drug-likeness (QED) is 0.557. The van der Waals surface area contributed by atoms with Gasteiger partial charge in [-0.05, 0) is 50.3 Å². The number of amides is 1. The van der Waals surface area contributed by atoms with Crippen molar-refractivity contribution >= 4 is 44.4 Å². The Bertz CT molecular complexity index is 964. The van der Waals surface area contributed by atoms with Crippen molar-refractivity contribution in [3.63, 3.8) is 0 Å². The molecule has 4 rings (SSSR count). The van der Waals surface area contributed by atoms with Crippen LogP contribution in [0.4, 0.5) is 5.13 Å². The summed E-state index contributed by atoms with van der Waals surface area (Å²) in [4.78, 5) is 21.1. The maximum Gasteiger partial charge on any atom is 0.260 e. The molecule has 3 aromatic rings. The first kappa shape index (κ1) is 18.5. The lowest BCUT2D eigenvalue weighted by molar-refractivity contribution is 0.0917. The van der Waals surface area contributed by atoms with Crippen molar-refractivity contribution in [1.29, 1.82) is 0 Å². The molecule has 0 N–H and O–H groups in total. The molecule has 1 aromatic heterocycles. The highest BCUT2D eigenvalue weighted by atomic mass is 32.2. The zero-order valence-electron chi connectivity index (χ0n) is 15.5. The highest BCUT2D eigenvalue weighted by molar-refractivity contribution is 7.98. The predicted molar refractivity (Wildman–Crippen MR) is 113 cm³/mol. The van der Waals surface area contributed by atoms with E-state index in [1.54, 1.807) is 28.0 Å². The molecule has 1 saturated heterocycles. The number of carbonyl (C=O) groups excluding carboxylic acids is 1. The maximum absolute atomic E-state index is 13.3. The number of aryl methyl sites for hydroxylation is 1. The van der Waals surface area contributed by atoms with E-state index in [9.17, 15) is 4.79 Å². The van der Waals surface area contributed by atoms with Gasteiger partial charge in [-0.1, -0.05) is 35.1 Å². The molecular weight excluding hydrogens is 376 g/mol. The Morgan fingerprint density at radius 3 is 2.93 bits per heavy atom. The fraction of sp³-hybridized carbons (Fsp3) is 0.333. The summed E-state index contributed by atoms with van der Waals surface area (Å²) in [6.07, 6.45) is 4.16.